The van der Waals surface area contributed by atoms with Gasteiger partial charge in [-0.2, -0.15) is 0 Å². The third kappa shape index (κ3) is 4.81. The van der Waals surface area contributed by atoms with Gasteiger partial charge in [0.25, 0.3) is 5.91 Å². The fraction of sp³-hybridized carbons (Fsp3) is 0.0870. The number of rotatable bonds is 7. The molecule has 0 atom stereocenters. The topological polar surface area (TPSA) is 109 Å². The van der Waals surface area contributed by atoms with E-state index in [1.54, 1.807) is 41.4 Å². The van der Waals surface area contributed by atoms with Crippen LogP contribution in [0.4, 0.5) is 17.1 Å². The van der Waals surface area contributed by atoms with Crippen LogP contribution in [-0.4, -0.2) is 26.5 Å². The van der Waals surface area contributed by atoms with Crippen molar-refractivity contribution < 1.29 is 19.1 Å². The van der Waals surface area contributed by atoms with Crippen molar-refractivity contribution in [1.82, 2.24) is 9.55 Å². The van der Waals surface area contributed by atoms with Gasteiger partial charge in [0.15, 0.2) is 5.76 Å². The lowest BCUT2D eigenvalue weighted by atomic mass is 10.2. The lowest BCUT2D eigenvalue weighted by Gasteiger charge is -2.11. The Hall–Kier alpha value is -4.33. The molecule has 8 nitrogen and oxygen atoms in total. The summed E-state index contributed by atoms with van der Waals surface area (Å²) in [6.45, 7) is 2.26. The molecule has 3 aromatic heterocycles. The van der Waals surface area contributed by atoms with E-state index in [4.69, 9.17) is 9.52 Å². The zero-order valence-electron chi connectivity index (χ0n) is 16.7. The van der Waals surface area contributed by atoms with Crippen molar-refractivity contribution >= 4 is 28.9 Å². The summed E-state index contributed by atoms with van der Waals surface area (Å²) in [7, 11) is 0. The normalized spacial score (nSPS) is 10.6. The predicted molar refractivity (Wildman–Crippen MR) is 116 cm³/mol. The predicted octanol–water partition coefficient (Wildman–Crippen LogP) is 4.53. The number of carbonyl (C=O) groups is 2. The number of anilines is 3. The molecule has 0 aliphatic heterocycles. The highest BCUT2D eigenvalue weighted by Gasteiger charge is 2.13. The number of carboxylic acids is 1. The molecule has 0 unspecified atom stereocenters. The van der Waals surface area contributed by atoms with Gasteiger partial charge in [0, 0.05) is 41.2 Å². The Morgan fingerprint density at radius 1 is 1.10 bits per heavy atom. The number of nitrogens with one attached hydrogen (secondary N) is 2. The van der Waals surface area contributed by atoms with Crippen molar-refractivity contribution in [3.8, 4) is 0 Å². The van der Waals surface area contributed by atoms with Crippen molar-refractivity contribution in [2.75, 3.05) is 10.6 Å². The average Bonchev–Trinajstić information content (AvgIpc) is 3.38. The van der Waals surface area contributed by atoms with Crippen LogP contribution in [0, 0.1) is 6.92 Å². The third-order valence-electron chi connectivity index (χ3n) is 4.64. The Balaban J connectivity index is 1.45. The molecule has 4 rings (SSSR count). The molecule has 0 saturated carbocycles. The second-order valence-electron chi connectivity index (χ2n) is 7.01. The molecule has 31 heavy (non-hydrogen) atoms. The van der Waals surface area contributed by atoms with E-state index in [9.17, 15) is 9.59 Å². The molecule has 0 fully saturated rings. The second kappa shape index (κ2) is 8.58. The van der Waals surface area contributed by atoms with Gasteiger partial charge in [0.2, 0.25) is 0 Å². The highest BCUT2D eigenvalue weighted by atomic mass is 16.4. The first kappa shape index (κ1) is 20.0. The van der Waals surface area contributed by atoms with Crippen LogP contribution >= 0.6 is 0 Å². The number of carbonyl (C=O) groups excluding carboxylic acids is 1. The van der Waals surface area contributed by atoms with E-state index in [-0.39, 0.29) is 17.2 Å². The fourth-order valence-electron chi connectivity index (χ4n) is 3.13. The van der Waals surface area contributed by atoms with E-state index in [0.29, 0.717) is 12.2 Å². The molecule has 0 spiro atoms. The Morgan fingerprint density at radius 2 is 1.90 bits per heavy atom. The number of benzene rings is 1. The largest absolute Gasteiger partial charge is 0.478 e. The first-order valence-corrected chi connectivity index (χ1v) is 9.54. The van der Waals surface area contributed by atoms with E-state index in [1.807, 2.05) is 37.3 Å². The number of furan rings is 1. The molecule has 0 bridgehead atoms. The quantitative estimate of drug-likeness (QED) is 0.408. The number of hydrogen-bond donors (Lipinski definition) is 3. The Labute approximate surface area is 178 Å². The molecule has 0 aliphatic rings. The van der Waals surface area contributed by atoms with E-state index >= 15 is 0 Å². The SMILES string of the molecule is Cc1ccoc1C(=O)Nc1cccc(Nc2ccnc(Cn3ccc(C(=O)O)c3)c2)c1. The summed E-state index contributed by atoms with van der Waals surface area (Å²) in [6, 6.07) is 14.4. The first-order chi connectivity index (χ1) is 15.0. The highest BCUT2D eigenvalue weighted by Crippen LogP contribution is 2.22. The van der Waals surface area contributed by atoms with E-state index < -0.39 is 5.97 Å². The number of aromatic carboxylic acids is 1. The van der Waals surface area contributed by atoms with Crippen molar-refractivity contribution in [2.45, 2.75) is 13.5 Å². The van der Waals surface area contributed by atoms with Crippen LogP contribution in [0.5, 0.6) is 0 Å². The van der Waals surface area contributed by atoms with E-state index in [1.165, 1.54) is 6.26 Å². The standard InChI is InChI=1S/C23H20N4O4/c1-15-7-10-31-21(15)22(28)26-18-4-2-3-17(11-18)25-19-5-8-24-20(12-19)14-27-9-6-16(13-27)23(29)30/h2-13H,14H2,1H3,(H,24,25)(H,26,28)(H,29,30). The fourth-order valence-corrected chi connectivity index (χ4v) is 3.13. The number of amides is 1. The van der Waals surface area contributed by atoms with Gasteiger partial charge >= 0.3 is 5.97 Å². The smallest absolute Gasteiger partial charge is 0.337 e. The minimum atomic E-state index is -0.962. The molecule has 1 aromatic carbocycles. The van der Waals surface area contributed by atoms with Crippen LogP contribution in [0.25, 0.3) is 0 Å². The molecule has 156 valence electrons. The summed E-state index contributed by atoms with van der Waals surface area (Å²) in [5, 5.41) is 15.2. The number of carboxylic acid groups (broad SMARTS) is 1. The number of aromatic nitrogens is 2. The van der Waals surface area contributed by atoms with Gasteiger partial charge in [-0.3, -0.25) is 9.78 Å². The summed E-state index contributed by atoms with van der Waals surface area (Å²) in [5.74, 6) is -0.984. The van der Waals surface area contributed by atoms with Gasteiger partial charge < -0.3 is 24.7 Å². The maximum atomic E-state index is 12.4. The van der Waals surface area contributed by atoms with Gasteiger partial charge in [0.05, 0.1) is 24.1 Å². The highest BCUT2D eigenvalue weighted by molar-refractivity contribution is 6.03. The molecule has 3 heterocycles. The van der Waals surface area contributed by atoms with E-state index in [0.717, 1.165) is 22.6 Å². The number of hydrogen-bond acceptors (Lipinski definition) is 5. The molecule has 0 radical (unpaired) electrons. The molecule has 0 aliphatic carbocycles. The summed E-state index contributed by atoms with van der Waals surface area (Å²) >= 11 is 0. The zero-order valence-corrected chi connectivity index (χ0v) is 16.7. The Kier molecular flexibility index (Phi) is 5.53. The van der Waals surface area contributed by atoms with Crippen LogP contribution < -0.4 is 10.6 Å². The molecule has 0 saturated heterocycles. The molecule has 1 amide bonds. The minimum Gasteiger partial charge on any atom is -0.478 e. The monoisotopic (exact) mass is 416 g/mol. The van der Waals surface area contributed by atoms with Gasteiger partial charge in [-0.25, -0.2) is 4.79 Å². The lowest BCUT2D eigenvalue weighted by Crippen LogP contribution is -2.12. The summed E-state index contributed by atoms with van der Waals surface area (Å²) < 4.78 is 7.00. The summed E-state index contributed by atoms with van der Waals surface area (Å²) in [4.78, 5) is 27.7. The van der Waals surface area contributed by atoms with Gasteiger partial charge in [-0.15, -0.1) is 0 Å². The van der Waals surface area contributed by atoms with Gasteiger partial charge in [0.1, 0.15) is 0 Å². The molecular weight excluding hydrogens is 396 g/mol. The molecule has 4 aromatic rings. The maximum absolute atomic E-state index is 12.4. The minimum absolute atomic E-state index is 0.234. The number of pyridine rings is 1. The van der Waals surface area contributed by atoms with Crippen LogP contribution in [-0.2, 0) is 6.54 Å². The van der Waals surface area contributed by atoms with Crippen LogP contribution in [0.2, 0.25) is 0 Å². The third-order valence-corrected chi connectivity index (χ3v) is 4.64. The van der Waals surface area contributed by atoms with E-state index in [2.05, 4.69) is 15.6 Å². The van der Waals surface area contributed by atoms with Crippen LogP contribution in [0.1, 0.15) is 32.2 Å². The van der Waals surface area contributed by atoms with Gasteiger partial charge in [-0.05, 0) is 49.4 Å². The first-order valence-electron chi connectivity index (χ1n) is 9.54. The van der Waals surface area contributed by atoms with Crippen molar-refractivity contribution in [3.63, 3.8) is 0 Å². The summed E-state index contributed by atoms with van der Waals surface area (Å²) in [5.41, 5.74) is 4.03. The van der Waals surface area contributed by atoms with Crippen molar-refractivity contribution in [1.29, 1.82) is 0 Å². The lowest BCUT2D eigenvalue weighted by molar-refractivity contribution is 0.0696. The zero-order chi connectivity index (χ0) is 21.8. The molecule has 8 heteroatoms. The maximum Gasteiger partial charge on any atom is 0.337 e. The Morgan fingerprint density at radius 3 is 2.65 bits per heavy atom. The Bertz CT molecular complexity index is 1240. The van der Waals surface area contributed by atoms with Crippen LogP contribution in [0.15, 0.2) is 77.8 Å². The molecular formula is C23H20N4O4. The number of nitrogens with zero attached hydrogens (tertiary/aromatic N) is 2. The second-order valence-corrected chi connectivity index (χ2v) is 7.01. The van der Waals surface area contributed by atoms with Gasteiger partial charge in [-0.1, -0.05) is 6.07 Å². The van der Waals surface area contributed by atoms with Crippen LogP contribution in [0.3, 0.4) is 0 Å². The number of aryl methyl sites for hydroxylation is 1. The molecule has 3 N–H and O–H groups in total. The van der Waals surface area contributed by atoms with Crippen molar-refractivity contribution in [2.24, 2.45) is 0 Å². The van der Waals surface area contributed by atoms with Crippen molar-refractivity contribution in [3.05, 3.63) is 96.0 Å². The summed E-state index contributed by atoms with van der Waals surface area (Å²) in [6.07, 6.45) is 6.44. The average molecular weight is 416 g/mol.